The fourth-order valence-corrected chi connectivity index (χ4v) is 5.50. The Hall–Kier alpha value is -1.87. The number of esters is 1. The molecule has 186 valence electrons. The first-order valence-electron chi connectivity index (χ1n) is 11.8. The molecule has 0 unspecified atom stereocenters. The van der Waals surface area contributed by atoms with Crippen LogP contribution in [0.1, 0.15) is 64.0 Å². The number of hydrogen-bond acceptors (Lipinski definition) is 7. The summed E-state index contributed by atoms with van der Waals surface area (Å²) in [6, 6.07) is 7.12. The number of carbonyl (C=O) groups is 3. The number of carboxylic acid groups (broad SMARTS) is 2. The van der Waals surface area contributed by atoms with Crippen LogP contribution >= 0.6 is 0 Å². The number of fused-ring (bicyclic) bond motifs is 1. The summed E-state index contributed by atoms with van der Waals surface area (Å²) < 4.78 is 11.1. The van der Waals surface area contributed by atoms with Gasteiger partial charge in [-0.2, -0.15) is 0 Å². The molecule has 1 aromatic rings. The summed E-state index contributed by atoms with van der Waals surface area (Å²) in [6.45, 7) is 6.66. The molecule has 2 aliphatic carbocycles. The summed E-state index contributed by atoms with van der Waals surface area (Å²) in [4.78, 5) is 30.9. The number of hydrogen-bond donors (Lipinski definition) is 2. The maximum Gasteiger partial charge on any atom is 1.00 e. The summed E-state index contributed by atoms with van der Waals surface area (Å²) >= 11 is 0. The van der Waals surface area contributed by atoms with Crippen LogP contribution < -0.4 is 44.7 Å². The smallest absolute Gasteiger partial charge is 0.545 e. The number of carboxylic acids is 2. The van der Waals surface area contributed by atoms with Crippen LogP contribution in [-0.4, -0.2) is 42.4 Å². The Morgan fingerprint density at radius 2 is 1.94 bits per heavy atom. The largest absolute Gasteiger partial charge is 1.00 e. The van der Waals surface area contributed by atoms with E-state index in [9.17, 15) is 19.5 Å². The Balaban J connectivity index is 0.000000418. The van der Waals surface area contributed by atoms with E-state index >= 15 is 0 Å². The van der Waals surface area contributed by atoms with Crippen LogP contribution in [0.5, 0.6) is 5.75 Å². The standard InChI is InChI=1S/C22H31NO3.C4H4O4.Na/c1-21(2,3)20(24)26-14-25-16-8-7-15-12-19-17-6-4-5-9-22(17,10-11-23-19)18(15)13-16;5-3(6)1-2-4(7)8;/h7-8,13,17,19,23H,4-6,9-12,14H2,1-3H3;1-2H,(H,5,6)(H,7,8);/q;;+1/p-1/b;2-1+;/t17-,19+,22+;;/m1../s1. The van der Waals surface area contributed by atoms with Gasteiger partial charge in [0.05, 0.1) is 11.4 Å². The number of rotatable bonds is 5. The van der Waals surface area contributed by atoms with Crippen molar-refractivity contribution in [1.29, 1.82) is 0 Å². The summed E-state index contributed by atoms with van der Waals surface area (Å²) in [5.41, 5.74) is 2.79. The zero-order valence-electron chi connectivity index (χ0n) is 21.1. The van der Waals surface area contributed by atoms with Crippen LogP contribution in [0.3, 0.4) is 0 Å². The van der Waals surface area contributed by atoms with E-state index in [0.717, 1.165) is 24.6 Å². The normalized spacial score (nSPS) is 24.5. The molecule has 0 spiro atoms. The SMILES string of the molecule is CC(C)(C)C(=O)OCOc1ccc2c(c1)[C@]13CCCC[C@@H]1[C@H](C2)NCC3.O=C([O-])/C=C/C(=O)O.[Na+]. The van der Waals surface area contributed by atoms with Gasteiger partial charge in [-0.1, -0.05) is 18.9 Å². The van der Waals surface area contributed by atoms with Crippen molar-refractivity contribution in [2.24, 2.45) is 11.3 Å². The first-order chi connectivity index (χ1) is 16.0. The van der Waals surface area contributed by atoms with E-state index in [0.29, 0.717) is 23.6 Å². The van der Waals surface area contributed by atoms with Crippen molar-refractivity contribution in [3.63, 3.8) is 0 Å². The van der Waals surface area contributed by atoms with Crippen molar-refractivity contribution >= 4 is 17.9 Å². The van der Waals surface area contributed by atoms with E-state index in [-0.39, 0.29) is 42.3 Å². The molecule has 4 rings (SSSR count). The van der Waals surface area contributed by atoms with Crippen LogP contribution in [0.15, 0.2) is 30.4 Å². The number of carbonyl (C=O) groups excluding carboxylic acids is 2. The number of piperidine rings is 1. The van der Waals surface area contributed by atoms with E-state index in [1.807, 2.05) is 26.8 Å². The summed E-state index contributed by atoms with van der Waals surface area (Å²) in [7, 11) is 0. The van der Waals surface area contributed by atoms with Crippen molar-refractivity contribution in [3.8, 4) is 5.75 Å². The molecule has 3 aliphatic rings. The molecule has 2 bridgehead atoms. The van der Waals surface area contributed by atoms with Gasteiger partial charge in [0.25, 0.3) is 0 Å². The molecule has 0 amide bonds. The fourth-order valence-electron chi connectivity index (χ4n) is 5.50. The van der Waals surface area contributed by atoms with Gasteiger partial charge in [0.15, 0.2) is 0 Å². The Morgan fingerprint density at radius 3 is 2.57 bits per heavy atom. The monoisotopic (exact) mass is 495 g/mol. The molecule has 2 N–H and O–H groups in total. The molecule has 1 heterocycles. The molecule has 1 saturated heterocycles. The van der Waals surface area contributed by atoms with Gasteiger partial charge in [-0.05, 0) is 88.3 Å². The average Bonchev–Trinajstić information content (AvgIpc) is 2.78. The van der Waals surface area contributed by atoms with Gasteiger partial charge >= 0.3 is 41.5 Å². The van der Waals surface area contributed by atoms with Crippen LogP contribution in [0.25, 0.3) is 0 Å². The van der Waals surface area contributed by atoms with Crippen molar-refractivity contribution in [1.82, 2.24) is 5.32 Å². The molecule has 8 nitrogen and oxygen atoms in total. The maximum absolute atomic E-state index is 11.9. The van der Waals surface area contributed by atoms with Crippen molar-refractivity contribution < 1.29 is 63.6 Å². The van der Waals surface area contributed by atoms with Gasteiger partial charge in [-0.3, -0.25) is 4.79 Å². The van der Waals surface area contributed by atoms with Crippen LogP contribution in [-0.2, 0) is 31.0 Å². The van der Waals surface area contributed by atoms with Gasteiger partial charge in [0.2, 0.25) is 6.79 Å². The molecule has 9 heteroatoms. The Morgan fingerprint density at radius 1 is 1.20 bits per heavy atom. The zero-order valence-corrected chi connectivity index (χ0v) is 23.1. The number of ether oxygens (including phenoxy) is 2. The van der Waals surface area contributed by atoms with Crippen LogP contribution in [0.4, 0.5) is 0 Å². The minimum atomic E-state index is -1.51. The van der Waals surface area contributed by atoms with Gasteiger partial charge in [0.1, 0.15) is 5.75 Å². The average molecular weight is 496 g/mol. The molecule has 35 heavy (non-hydrogen) atoms. The van der Waals surface area contributed by atoms with Gasteiger partial charge in [-0.15, -0.1) is 0 Å². The predicted molar refractivity (Wildman–Crippen MR) is 123 cm³/mol. The molecule has 2 fully saturated rings. The molecular weight excluding hydrogens is 461 g/mol. The Labute approximate surface area is 228 Å². The van der Waals surface area contributed by atoms with E-state index in [1.54, 1.807) is 0 Å². The Kier molecular flexibility index (Phi) is 10.4. The quantitative estimate of drug-likeness (QED) is 0.239. The van der Waals surface area contributed by atoms with Gasteiger partial charge in [-0.25, -0.2) is 4.79 Å². The third-order valence-electron chi connectivity index (χ3n) is 7.01. The summed E-state index contributed by atoms with van der Waals surface area (Å²) in [5.74, 6) is -1.46. The fraction of sp³-hybridized carbons (Fsp3) is 0.577. The number of nitrogens with one attached hydrogen (secondary N) is 1. The predicted octanol–water partition coefficient (Wildman–Crippen LogP) is -0.661. The van der Waals surface area contributed by atoms with Crippen molar-refractivity contribution in [3.05, 3.63) is 41.5 Å². The second-order valence-corrected chi connectivity index (χ2v) is 10.3. The van der Waals surface area contributed by atoms with E-state index < -0.39 is 17.4 Å². The number of aliphatic carboxylic acids is 2. The first kappa shape index (κ1) is 29.4. The van der Waals surface area contributed by atoms with Gasteiger partial charge < -0.3 is 29.8 Å². The molecule has 1 saturated carbocycles. The molecule has 0 aromatic heterocycles. The van der Waals surface area contributed by atoms with Crippen molar-refractivity contribution in [2.45, 2.75) is 70.8 Å². The molecular formula is C26H34NNaO7. The van der Waals surface area contributed by atoms with E-state index in [4.69, 9.17) is 14.6 Å². The van der Waals surface area contributed by atoms with Crippen molar-refractivity contribution in [2.75, 3.05) is 13.3 Å². The summed E-state index contributed by atoms with van der Waals surface area (Å²) in [6.07, 6.45) is 8.62. The van der Waals surface area contributed by atoms with Crippen LogP contribution in [0.2, 0.25) is 0 Å². The van der Waals surface area contributed by atoms with Gasteiger partial charge in [0, 0.05) is 17.5 Å². The maximum atomic E-state index is 11.9. The zero-order chi connectivity index (χ0) is 24.9. The van der Waals surface area contributed by atoms with Crippen LogP contribution in [0, 0.1) is 11.3 Å². The number of benzene rings is 1. The second kappa shape index (κ2) is 12.4. The molecule has 1 aliphatic heterocycles. The minimum absolute atomic E-state index is 0. The molecule has 0 radical (unpaired) electrons. The topological polar surface area (TPSA) is 125 Å². The molecule has 3 atom stereocenters. The van der Waals surface area contributed by atoms with E-state index in [2.05, 4.69) is 17.4 Å². The van der Waals surface area contributed by atoms with E-state index in [1.165, 1.54) is 43.2 Å². The minimum Gasteiger partial charge on any atom is -0.545 e. The second-order valence-electron chi connectivity index (χ2n) is 10.3. The first-order valence-corrected chi connectivity index (χ1v) is 11.8. The summed E-state index contributed by atoms with van der Waals surface area (Å²) in [5, 5.41) is 21.0. The third-order valence-corrected chi connectivity index (χ3v) is 7.01. The molecule has 1 aromatic carbocycles. The Bertz CT molecular complexity index is 936. The third kappa shape index (κ3) is 7.32.